The monoisotopic (exact) mass is 367 g/mol. The maximum absolute atomic E-state index is 5.16. The van der Waals surface area contributed by atoms with Crippen molar-refractivity contribution < 1.29 is 4.52 Å². The van der Waals surface area contributed by atoms with Gasteiger partial charge >= 0.3 is 0 Å². The van der Waals surface area contributed by atoms with Crippen LogP contribution in [0.4, 0.5) is 5.82 Å². The Morgan fingerprint density at radius 1 is 0.963 bits per heavy atom. The summed E-state index contributed by atoms with van der Waals surface area (Å²) in [6.07, 6.45) is 1.82. The second-order valence-electron chi connectivity index (χ2n) is 7.14. The maximum Gasteiger partial charge on any atom is 0.159 e. The molecule has 3 aromatic heterocycles. The summed E-state index contributed by atoms with van der Waals surface area (Å²) in [5, 5.41) is 8.42. The Labute approximate surface area is 158 Å². The van der Waals surface area contributed by atoms with Gasteiger partial charge in [-0.3, -0.25) is 4.90 Å². The van der Waals surface area contributed by atoms with E-state index in [-0.39, 0.29) is 0 Å². The molecule has 1 aliphatic heterocycles. The van der Waals surface area contributed by atoms with Crippen molar-refractivity contribution in [1.82, 2.24) is 29.8 Å². The molecule has 4 rings (SSSR count). The van der Waals surface area contributed by atoms with Crippen LogP contribution in [0, 0.1) is 27.7 Å². The van der Waals surface area contributed by atoms with Crippen LogP contribution in [-0.4, -0.2) is 56.0 Å². The molecule has 4 heterocycles. The van der Waals surface area contributed by atoms with Gasteiger partial charge in [0.15, 0.2) is 5.82 Å². The van der Waals surface area contributed by atoms with Crippen molar-refractivity contribution in [3.05, 3.63) is 46.9 Å². The molecule has 8 nitrogen and oxygen atoms in total. The van der Waals surface area contributed by atoms with Gasteiger partial charge in [0.2, 0.25) is 0 Å². The van der Waals surface area contributed by atoms with E-state index in [1.807, 2.05) is 44.6 Å². The van der Waals surface area contributed by atoms with Crippen molar-refractivity contribution in [2.45, 2.75) is 34.2 Å². The van der Waals surface area contributed by atoms with E-state index >= 15 is 0 Å². The summed E-state index contributed by atoms with van der Waals surface area (Å²) < 4.78 is 7.05. The molecule has 8 heteroatoms. The van der Waals surface area contributed by atoms with Crippen LogP contribution in [0.3, 0.4) is 0 Å². The molecular formula is C19H25N7O. The van der Waals surface area contributed by atoms with Crippen LogP contribution in [0.15, 0.2) is 22.9 Å². The fraction of sp³-hybridized carbons (Fsp3) is 0.474. The molecule has 0 bridgehead atoms. The highest BCUT2D eigenvalue weighted by molar-refractivity contribution is 5.45. The fourth-order valence-corrected chi connectivity index (χ4v) is 3.51. The Kier molecular flexibility index (Phi) is 4.65. The average molecular weight is 367 g/mol. The molecule has 0 saturated carbocycles. The molecule has 0 aromatic carbocycles. The number of hydrogen-bond acceptors (Lipinski definition) is 7. The molecule has 3 aromatic rings. The van der Waals surface area contributed by atoms with Gasteiger partial charge in [0, 0.05) is 50.0 Å². The average Bonchev–Trinajstić information content (AvgIpc) is 3.20. The first-order chi connectivity index (χ1) is 13.0. The van der Waals surface area contributed by atoms with Gasteiger partial charge in [0.1, 0.15) is 17.4 Å². The van der Waals surface area contributed by atoms with Crippen molar-refractivity contribution in [3.8, 4) is 5.82 Å². The van der Waals surface area contributed by atoms with E-state index in [9.17, 15) is 0 Å². The SMILES string of the molecule is Cc1cc(C)n(-c2cc(N3CCN(Cc4cnoc4C)CC3)nc(C)n2)n1. The number of anilines is 1. The summed E-state index contributed by atoms with van der Waals surface area (Å²) in [4.78, 5) is 14.0. The molecular weight excluding hydrogens is 342 g/mol. The van der Waals surface area contributed by atoms with Crippen LogP contribution < -0.4 is 4.90 Å². The minimum atomic E-state index is 0.762. The summed E-state index contributed by atoms with van der Waals surface area (Å²) in [5.74, 6) is 3.45. The van der Waals surface area contributed by atoms with Gasteiger partial charge in [-0.15, -0.1) is 0 Å². The van der Waals surface area contributed by atoms with Crippen molar-refractivity contribution in [2.75, 3.05) is 31.1 Å². The molecule has 1 aliphatic rings. The number of nitrogens with zero attached hydrogens (tertiary/aromatic N) is 7. The fourth-order valence-electron chi connectivity index (χ4n) is 3.51. The molecule has 0 radical (unpaired) electrons. The molecule has 142 valence electrons. The highest BCUT2D eigenvalue weighted by Gasteiger charge is 2.21. The van der Waals surface area contributed by atoms with Crippen LogP contribution in [0.25, 0.3) is 5.82 Å². The largest absolute Gasteiger partial charge is 0.361 e. The zero-order valence-electron chi connectivity index (χ0n) is 16.3. The molecule has 27 heavy (non-hydrogen) atoms. The topological polar surface area (TPSA) is 76.1 Å². The van der Waals surface area contributed by atoms with Gasteiger partial charge in [-0.2, -0.15) is 5.10 Å². The lowest BCUT2D eigenvalue weighted by Gasteiger charge is -2.35. The van der Waals surface area contributed by atoms with E-state index in [0.29, 0.717) is 0 Å². The minimum Gasteiger partial charge on any atom is -0.361 e. The summed E-state index contributed by atoms with van der Waals surface area (Å²) >= 11 is 0. The number of piperazine rings is 1. The third-order valence-electron chi connectivity index (χ3n) is 4.98. The second-order valence-corrected chi connectivity index (χ2v) is 7.14. The Bertz CT molecular complexity index is 937. The number of aryl methyl sites for hydroxylation is 4. The predicted molar refractivity (Wildman–Crippen MR) is 102 cm³/mol. The van der Waals surface area contributed by atoms with Crippen LogP contribution in [0.5, 0.6) is 0 Å². The molecule has 1 fully saturated rings. The Balaban J connectivity index is 1.48. The smallest absolute Gasteiger partial charge is 0.159 e. The first kappa shape index (κ1) is 17.7. The quantitative estimate of drug-likeness (QED) is 0.700. The third-order valence-corrected chi connectivity index (χ3v) is 4.98. The number of hydrogen-bond donors (Lipinski definition) is 0. The van der Waals surface area contributed by atoms with E-state index in [2.05, 4.69) is 36.1 Å². The third kappa shape index (κ3) is 3.71. The molecule has 0 aliphatic carbocycles. The zero-order valence-corrected chi connectivity index (χ0v) is 16.3. The molecule has 0 amide bonds. The van der Waals surface area contributed by atoms with Gasteiger partial charge in [-0.25, -0.2) is 14.6 Å². The first-order valence-electron chi connectivity index (χ1n) is 9.26. The van der Waals surface area contributed by atoms with Gasteiger partial charge in [-0.05, 0) is 33.8 Å². The highest BCUT2D eigenvalue weighted by atomic mass is 16.5. The van der Waals surface area contributed by atoms with E-state index in [1.54, 1.807) is 0 Å². The molecule has 0 spiro atoms. The summed E-state index contributed by atoms with van der Waals surface area (Å²) in [6.45, 7) is 12.6. The van der Waals surface area contributed by atoms with Crippen LogP contribution in [0.2, 0.25) is 0 Å². The van der Waals surface area contributed by atoms with Gasteiger partial charge in [-0.1, -0.05) is 5.16 Å². The van der Waals surface area contributed by atoms with Gasteiger partial charge in [0.25, 0.3) is 0 Å². The zero-order chi connectivity index (χ0) is 19.0. The summed E-state index contributed by atoms with van der Waals surface area (Å²) in [6, 6.07) is 4.09. The van der Waals surface area contributed by atoms with Gasteiger partial charge < -0.3 is 9.42 Å². The molecule has 0 unspecified atom stereocenters. The summed E-state index contributed by atoms with van der Waals surface area (Å²) in [5.41, 5.74) is 3.22. The van der Waals surface area contributed by atoms with E-state index in [4.69, 9.17) is 4.52 Å². The lowest BCUT2D eigenvalue weighted by atomic mass is 10.2. The van der Waals surface area contributed by atoms with E-state index in [0.717, 1.165) is 72.9 Å². The number of aromatic nitrogens is 5. The lowest BCUT2D eigenvalue weighted by Crippen LogP contribution is -2.46. The Morgan fingerprint density at radius 3 is 2.33 bits per heavy atom. The molecule has 0 N–H and O–H groups in total. The Hall–Kier alpha value is -2.74. The lowest BCUT2D eigenvalue weighted by molar-refractivity contribution is 0.247. The molecule has 1 saturated heterocycles. The minimum absolute atomic E-state index is 0.762. The molecule has 0 atom stereocenters. The van der Waals surface area contributed by atoms with Crippen LogP contribution >= 0.6 is 0 Å². The predicted octanol–water partition coefficient (Wildman–Crippen LogP) is 2.21. The number of rotatable bonds is 4. The normalized spacial score (nSPS) is 15.5. The van der Waals surface area contributed by atoms with E-state index < -0.39 is 0 Å². The van der Waals surface area contributed by atoms with Crippen LogP contribution in [0.1, 0.15) is 28.5 Å². The van der Waals surface area contributed by atoms with Crippen LogP contribution in [-0.2, 0) is 6.54 Å². The van der Waals surface area contributed by atoms with Crippen molar-refractivity contribution in [2.24, 2.45) is 0 Å². The highest BCUT2D eigenvalue weighted by Crippen LogP contribution is 2.20. The summed E-state index contributed by atoms with van der Waals surface area (Å²) in [7, 11) is 0. The van der Waals surface area contributed by atoms with E-state index in [1.165, 1.54) is 0 Å². The standard InChI is InChI=1S/C19H25N7O/c1-13-9-14(2)26(23-13)19-10-18(21-16(4)22-19)25-7-5-24(6-8-25)12-17-11-20-27-15(17)3/h9-11H,5-8,12H2,1-4H3. The van der Waals surface area contributed by atoms with Crippen molar-refractivity contribution in [3.63, 3.8) is 0 Å². The van der Waals surface area contributed by atoms with Crippen molar-refractivity contribution in [1.29, 1.82) is 0 Å². The maximum atomic E-state index is 5.16. The second kappa shape index (κ2) is 7.11. The van der Waals surface area contributed by atoms with Crippen molar-refractivity contribution >= 4 is 5.82 Å². The first-order valence-corrected chi connectivity index (χ1v) is 9.26. The van der Waals surface area contributed by atoms with Gasteiger partial charge in [0.05, 0.1) is 11.9 Å². The Morgan fingerprint density at radius 2 is 1.70 bits per heavy atom.